The highest BCUT2D eigenvalue weighted by atomic mass is 16.6. The van der Waals surface area contributed by atoms with E-state index < -0.39 is 137 Å². The summed E-state index contributed by atoms with van der Waals surface area (Å²) in [5.74, 6) is -11.8. The third-order valence-electron chi connectivity index (χ3n) is 11.8. The standard InChI is InChI=1S/C39H48O16/c1-18-15-38(48)28(29(18)54-33(47)24-13-11-10-12-14-24)32(53-26(45)17-49-19(2)40)39(55-23(6)44)16-25-27(31(50-20(3)41)36(7,8)30(25)46)37(9,34(38)51-21(4)42)35(39)52-22(5)43/h10-14,18,25,27-29,31-32,34-35,48H,15-17H2,1-9H3. The average Bonchev–Trinajstić information content (AvgIpc) is 3.42. The van der Waals surface area contributed by atoms with E-state index in [1.54, 1.807) is 39.0 Å². The predicted molar refractivity (Wildman–Crippen MR) is 184 cm³/mol. The molecule has 2 bridgehead atoms. The van der Waals surface area contributed by atoms with E-state index in [4.69, 9.17) is 33.2 Å². The summed E-state index contributed by atoms with van der Waals surface area (Å²) in [6.07, 6.45) is -9.00. The van der Waals surface area contributed by atoms with Gasteiger partial charge in [-0.3, -0.25) is 28.8 Å². The Morgan fingerprint density at radius 1 is 0.709 bits per heavy atom. The van der Waals surface area contributed by atoms with Crippen molar-refractivity contribution in [3.63, 3.8) is 0 Å². The number of fused-ring (bicyclic) bond motifs is 5. The second kappa shape index (κ2) is 14.7. The summed E-state index contributed by atoms with van der Waals surface area (Å²) in [6, 6.07) is 7.88. The molecule has 300 valence electrons. The van der Waals surface area contributed by atoms with E-state index in [1.807, 2.05) is 0 Å². The zero-order chi connectivity index (χ0) is 41.0. The van der Waals surface area contributed by atoms with E-state index in [0.717, 1.165) is 34.6 Å². The van der Waals surface area contributed by atoms with Crippen LogP contribution in [-0.4, -0.2) is 101 Å². The van der Waals surface area contributed by atoms with Crippen LogP contribution in [-0.2, 0) is 66.7 Å². The molecule has 0 saturated heterocycles. The number of rotatable bonds is 9. The van der Waals surface area contributed by atoms with E-state index in [2.05, 4.69) is 0 Å². The van der Waals surface area contributed by atoms with Crippen molar-refractivity contribution in [3.8, 4) is 0 Å². The van der Waals surface area contributed by atoms with Gasteiger partial charge in [-0.2, -0.15) is 0 Å². The van der Waals surface area contributed by atoms with Crippen molar-refractivity contribution in [1.29, 1.82) is 0 Å². The van der Waals surface area contributed by atoms with Crippen LogP contribution in [0, 0.1) is 34.5 Å². The van der Waals surface area contributed by atoms with Crippen LogP contribution in [0.4, 0.5) is 0 Å². The molecule has 5 rings (SSSR count). The van der Waals surface area contributed by atoms with E-state index in [9.17, 15) is 43.5 Å². The molecule has 4 saturated carbocycles. The third kappa shape index (κ3) is 6.97. The van der Waals surface area contributed by atoms with Crippen molar-refractivity contribution in [3.05, 3.63) is 35.9 Å². The van der Waals surface area contributed by atoms with E-state index >= 15 is 0 Å². The average molecular weight is 773 g/mol. The summed E-state index contributed by atoms with van der Waals surface area (Å²) in [5, 5.41) is 13.4. The molecule has 0 amide bonds. The Morgan fingerprint density at radius 2 is 1.29 bits per heavy atom. The Kier molecular flexibility index (Phi) is 11.0. The van der Waals surface area contributed by atoms with Crippen molar-refractivity contribution in [2.24, 2.45) is 34.5 Å². The van der Waals surface area contributed by atoms with Gasteiger partial charge in [0.2, 0.25) is 0 Å². The van der Waals surface area contributed by atoms with Crippen LogP contribution in [0.1, 0.15) is 85.5 Å². The molecule has 16 heteroatoms. The molecule has 1 aromatic carbocycles. The van der Waals surface area contributed by atoms with Crippen molar-refractivity contribution in [2.75, 3.05) is 6.61 Å². The first-order valence-electron chi connectivity index (χ1n) is 18.1. The number of Topliss-reactive ketones (excluding diaryl/α,β-unsaturated/α-hetero) is 1. The summed E-state index contributed by atoms with van der Waals surface area (Å²) < 4.78 is 41.5. The van der Waals surface area contributed by atoms with Gasteiger partial charge in [0.15, 0.2) is 24.4 Å². The minimum absolute atomic E-state index is 0.128. The van der Waals surface area contributed by atoms with Crippen LogP contribution in [0.2, 0.25) is 0 Å². The molecule has 4 fully saturated rings. The summed E-state index contributed by atoms with van der Waals surface area (Å²) in [5.41, 5.74) is -8.05. The van der Waals surface area contributed by atoms with Gasteiger partial charge in [-0.1, -0.05) is 32.0 Å². The van der Waals surface area contributed by atoms with Crippen LogP contribution in [0.15, 0.2) is 30.3 Å². The van der Waals surface area contributed by atoms with Crippen molar-refractivity contribution < 1.29 is 76.6 Å². The molecule has 55 heavy (non-hydrogen) atoms. The molecule has 12 atom stereocenters. The predicted octanol–water partition coefficient (Wildman–Crippen LogP) is 2.44. The lowest BCUT2D eigenvalue weighted by Crippen LogP contribution is -2.72. The molecule has 0 heterocycles. The molecule has 1 N–H and O–H groups in total. The summed E-state index contributed by atoms with van der Waals surface area (Å²) >= 11 is 0. The SMILES string of the molecule is CC(=O)OCC(=O)OC1C2C(OC(=O)c3ccccc3)C(C)CC2(O)C(OC(C)=O)C2(C)C3C(CC1(OC(C)=O)C2OC(C)=O)C(=O)C(C)(C)C3OC(C)=O. The number of ether oxygens (including phenoxy) is 7. The minimum Gasteiger partial charge on any atom is -0.461 e. The van der Waals surface area contributed by atoms with Gasteiger partial charge in [0, 0.05) is 52.9 Å². The van der Waals surface area contributed by atoms with Gasteiger partial charge in [-0.15, -0.1) is 0 Å². The van der Waals surface area contributed by atoms with E-state index in [-0.39, 0.29) is 12.0 Å². The highest BCUT2D eigenvalue weighted by Crippen LogP contribution is 2.69. The lowest BCUT2D eigenvalue weighted by molar-refractivity contribution is -0.276. The Balaban J connectivity index is 1.90. The number of carbonyl (C=O) groups is 8. The molecular formula is C39H48O16. The van der Waals surface area contributed by atoms with Gasteiger partial charge >= 0.3 is 41.8 Å². The first-order valence-corrected chi connectivity index (χ1v) is 18.1. The molecule has 0 spiro atoms. The van der Waals surface area contributed by atoms with Crippen LogP contribution >= 0.6 is 0 Å². The summed E-state index contributed by atoms with van der Waals surface area (Å²) in [7, 11) is 0. The topological polar surface area (TPSA) is 221 Å². The molecule has 4 aliphatic carbocycles. The number of benzene rings is 1. The normalized spacial score (nSPS) is 36.8. The third-order valence-corrected chi connectivity index (χ3v) is 11.8. The number of carbonyl (C=O) groups excluding carboxylic acids is 8. The first-order chi connectivity index (χ1) is 25.5. The maximum absolute atomic E-state index is 14.6. The number of esters is 7. The van der Waals surface area contributed by atoms with E-state index in [1.165, 1.54) is 19.1 Å². The lowest BCUT2D eigenvalue weighted by Gasteiger charge is -2.58. The molecule has 0 aliphatic heterocycles. The number of hydrogen-bond donors (Lipinski definition) is 1. The maximum atomic E-state index is 14.6. The molecule has 4 aliphatic rings. The summed E-state index contributed by atoms with van der Waals surface area (Å²) in [6.45, 7) is 10.6. The first kappa shape index (κ1) is 41.3. The minimum atomic E-state index is -2.38. The van der Waals surface area contributed by atoms with Gasteiger partial charge in [0.25, 0.3) is 0 Å². The van der Waals surface area contributed by atoms with Crippen LogP contribution in [0.5, 0.6) is 0 Å². The zero-order valence-electron chi connectivity index (χ0n) is 32.3. The number of aliphatic hydroxyl groups is 1. The van der Waals surface area contributed by atoms with Crippen LogP contribution in [0.25, 0.3) is 0 Å². The molecular weight excluding hydrogens is 724 g/mol. The molecule has 0 aromatic heterocycles. The molecule has 0 radical (unpaired) electrons. The second-order valence-electron chi connectivity index (χ2n) is 16.0. The van der Waals surface area contributed by atoms with Gasteiger partial charge in [0.1, 0.15) is 29.7 Å². The van der Waals surface area contributed by atoms with Crippen molar-refractivity contribution >= 4 is 47.6 Å². The fourth-order valence-corrected chi connectivity index (χ4v) is 10.2. The van der Waals surface area contributed by atoms with Gasteiger partial charge in [0.05, 0.1) is 22.3 Å². The Bertz CT molecular complexity index is 1770. The second-order valence-corrected chi connectivity index (χ2v) is 16.0. The van der Waals surface area contributed by atoms with Gasteiger partial charge < -0.3 is 38.3 Å². The molecule has 1 aromatic rings. The van der Waals surface area contributed by atoms with Gasteiger partial charge in [-0.05, 0) is 38.3 Å². The Labute approximate surface area is 317 Å². The largest absolute Gasteiger partial charge is 0.461 e. The highest BCUT2D eigenvalue weighted by molar-refractivity contribution is 5.91. The summed E-state index contributed by atoms with van der Waals surface area (Å²) in [4.78, 5) is 106. The van der Waals surface area contributed by atoms with Crippen molar-refractivity contribution in [1.82, 2.24) is 0 Å². The zero-order valence-corrected chi connectivity index (χ0v) is 32.3. The molecule has 16 nitrogen and oxygen atoms in total. The quantitative estimate of drug-likeness (QED) is 0.281. The Morgan fingerprint density at radius 3 is 1.84 bits per heavy atom. The lowest BCUT2D eigenvalue weighted by atomic mass is 9.53. The van der Waals surface area contributed by atoms with Gasteiger partial charge in [-0.25, -0.2) is 9.59 Å². The highest BCUT2D eigenvalue weighted by Gasteiger charge is 2.84. The van der Waals surface area contributed by atoms with Crippen LogP contribution < -0.4 is 0 Å². The maximum Gasteiger partial charge on any atom is 0.344 e. The van der Waals surface area contributed by atoms with Crippen molar-refractivity contribution in [2.45, 2.75) is 117 Å². The number of hydrogen-bond acceptors (Lipinski definition) is 16. The fourth-order valence-electron chi connectivity index (χ4n) is 10.2. The molecule has 12 unspecified atom stereocenters. The smallest absolute Gasteiger partial charge is 0.344 e. The Hall–Kier alpha value is -4.86. The van der Waals surface area contributed by atoms with E-state index in [0.29, 0.717) is 0 Å². The monoisotopic (exact) mass is 772 g/mol. The number of ketones is 1. The fraction of sp³-hybridized carbons (Fsp3) is 0.641. The van der Waals surface area contributed by atoms with Crippen LogP contribution in [0.3, 0.4) is 0 Å².